The van der Waals surface area contributed by atoms with Crippen LogP contribution in [0.4, 0.5) is 17.5 Å². The van der Waals surface area contributed by atoms with Crippen LogP contribution >= 0.6 is 0 Å². The van der Waals surface area contributed by atoms with Crippen LogP contribution in [0.3, 0.4) is 0 Å². The molecular formula is C17H18N6O. The van der Waals surface area contributed by atoms with E-state index in [1.165, 1.54) is 0 Å². The lowest BCUT2D eigenvalue weighted by Crippen LogP contribution is -2.51. The highest BCUT2D eigenvalue weighted by Crippen LogP contribution is 2.24. The molecule has 24 heavy (non-hydrogen) atoms. The van der Waals surface area contributed by atoms with Crippen LogP contribution in [0, 0.1) is 6.92 Å². The van der Waals surface area contributed by atoms with Crippen molar-refractivity contribution in [1.82, 2.24) is 20.3 Å². The minimum absolute atomic E-state index is 0.144. The Kier molecular flexibility index (Phi) is 3.62. The first-order valence-electron chi connectivity index (χ1n) is 7.88. The molecular weight excluding hydrogens is 304 g/mol. The van der Waals surface area contributed by atoms with Gasteiger partial charge in [0.1, 0.15) is 17.5 Å². The Balaban J connectivity index is 1.77. The van der Waals surface area contributed by atoms with Crippen LogP contribution in [-0.4, -0.2) is 34.1 Å². The third kappa shape index (κ3) is 2.81. The number of H-pyrrole nitrogens is 1. The number of anilines is 3. The highest BCUT2D eigenvalue weighted by Gasteiger charge is 2.19. The van der Waals surface area contributed by atoms with Crippen LogP contribution in [-0.2, 0) is 0 Å². The number of nitrogens with zero attached hydrogens (tertiary/aromatic N) is 2. The van der Waals surface area contributed by atoms with Crippen molar-refractivity contribution in [3.63, 3.8) is 0 Å². The molecule has 0 aliphatic carbocycles. The fraction of sp³-hybridized carbons (Fsp3) is 0.235. The molecule has 1 aliphatic heterocycles. The SMILES string of the molecule is Cc1ccnc(Nc2cc3cc[nH]c(=O)c3c(NC3CNC3)n2)c1. The summed E-state index contributed by atoms with van der Waals surface area (Å²) in [6, 6.07) is 7.91. The minimum atomic E-state index is -0.144. The molecule has 4 heterocycles. The summed E-state index contributed by atoms with van der Waals surface area (Å²) < 4.78 is 0. The van der Waals surface area contributed by atoms with E-state index >= 15 is 0 Å². The van der Waals surface area contributed by atoms with E-state index in [0.717, 1.165) is 29.9 Å². The van der Waals surface area contributed by atoms with E-state index < -0.39 is 0 Å². The van der Waals surface area contributed by atoms with Crippen LogP contribution in [0.15, 0.2) is 41.5 Å². The molecule has 0 atom stereocenters. The van der Waals surface area contributed by atoms with Crippen LogP contribution in [0.2, 0.25) is 0 Å². The normalized spacial score (nSPS) is 14.4. The van der Waals surface area contributed by atoms with Gasteiger partial charge < -0.3 is 20.9 Å². The number of hydrogen-bond donors (Lipinski definition) is 4. The van der Waals surface area contributed by atoms with Crippen molar-refractivity contribution >= 4 is 28.2 Å². The molecule has 1 fully saturated rings. The maximum absolute atomic E-state index is 12.2. The summed E-state index contributed by atoms with van der Waals surface area (Å²) in [5.74, 6) is 1.97. The summed E-state index contributed by atoms with van der Waals surface area (Å²) in [7, 11) is 0. The summed E-state index contributed by atoms with van der Waals surface area (Å²) in [6.07, 6.45) is 3.40. The molecule has 0 aromatic carbocycles. The smallest absolute Gasteiger partial charge is 0.259 e. The van der Waals surface area contributed by atoms with E-state index in [9.17, 15) is 4.79 Å². The largest absolute Gasteiger partial charge is 0.364 e. The number of nitrogens with one attached hydrogen (secondary N) is 4. The molecule has 1 saturated heterocycles. The third-order valence-corrected chi connectivity index (χ3v) is 4.05. The van der Waals surface area contributed by atoms with E-state index in [2.05, 4.69) is 30.9 Å². The molecule has 1 aliphatic rings. The molecule has 4 N–H and O–H groups in total. The van der Waals surface area contributed by atoms with Gasteiger partial charge in [-0.3, -0.25) is 4.79 Å². The van der Waals surface area contributed by atoms with Gasteiger partial charge in [-0.15, -0.1) is 0 Å². The zero-order chi connectivity index (χ0) is 16.5. The summed E-state index contributed by atoms with van der Waals surface area (Å²) >= 11 is 0. The van der Waals surface area contributed by atoms with Gasteiger partial charge in [-0.25, -0.2) is 9.97 Å². The van der Waals surface area contributed by atoms with Crippen molar-refractivity contribution in [2.45, 2.75) is 13.0 Å². The number of aryl methyl sites for hydroxylation is 1. The van der Waals surface area contributed by atoms with Gasteiger partial charge in [0.2, 0.25) is 0 Å². The van der Waals surface area contributed by atoms with Crippen molar-refractivity contribution in [2.75, 3.05) is 23.7 Å². The zero-order valence-electron chi connectivity index (χ0n) is 13.3. The summed E-state index contributed by atoms with van der Waals surface area (Å²) in [5, 5.41) is 11.2. The lowest BCUT2D eigenvalue weighted by Gasteiger charge is -2.29. The van der Waals surface area contributed by atoms with Crippen LogP contribution in [0.25, 0.3) is 10.8 Å². The van der Waals surface area contributed by atoms with Gasteiger partial charge in [0.05, 0.1) is 11.4 Å². The Morgan fingerprint density at radius 3 is 2.83 bits per heavy atom. The Bertz CT molecular complexity index is 947. The molecule has 0 saturated carbocycles. The van der Waals surface area contributed by atoms with Gasteiger partial charge in [0.15, 0.2) is 0 Å². The highest BCUT2D eigenvalue weighted by molar-refractivity contribution is 5.93. The van der Waals surface area contributed by atoms with Crippen molar-refractivity contribution in [3.05, 3.63) is 52.6 Å². The molecule has 0 unspecified atom stereocenters. The second kappa shape index (κ2) is 5.93. The van der Waals surface area contributed by atoms with Crippen molar-refractivity contribution in [1.29, 1.82) is 0 Å². The first kappa shape index (κ1) is 14.6. The standard InChI is InChI=1S/C17H18N6O/c1-10-2-4-19-13(6-10)22-14-7-11-3-5-20-17(24)15(11)16(23-14)21-12-8-18-9-12/h2-7,12,18H,8-9H2,1H3,(H,20,24)(H2,19,21,22,23). The molecule has 122 valence electrons. The summed E-state index contributed by atoms with van der Waals surface area (Å²) in [6.45, 7) is 3.74. The molecule has 4 rings (SSSR count). The Morgan fingerprint density at radius 1 is 1.21 bits per heavy atom. The molecule has 3 aromatic heterocycles. The molecule has 0 radical (unpaired) electrons. The van der Waals surface area contributed by atoms with Crippen LogP contribution in [0.1, 0.15) is 5.56 Å². The second-order valence-electron chi connectivity index (χ2n) is 5.97. The van der Waals surface area contributed by atoms with E-state index in [1.807, 2.05) is 31.2 Å². The Morgan fingerprint density at radius 2 is 2.08 bits per heavy atom. The average molecular weight is 322 g/mol. The fourth-order valence-corrected chi connectivity index (χ4v) is 2.70. The van der Waals surface area contributed by atoms with Crippen molar-refractivity contribution < 1.29 is 0 Å². The average Bonchev–Trinajstić information content (AvgIpc) is 2.51. The minimum Gasteiger partial charge on any atom is -0.364 e. The van der Waals surface area contributed by atoms with Gasteiger partial charge in [-0.05, 0) is 42.1 Å². The lowest BCUT2D eigenvalue weighted by atomic mass is 10.1. The Labute approximate surface area is 138 Å². The van der Waals surface area contributed by atoms with Gasteiger partial charge in [0, 0.05) is 25.5 Å². The monoisotopic (exact) mass is 322 g/mol. The van der Waals surface area contributed by atoms with E-state index in [-0.39, 0.29) is 11.6 Å². The second-order valence-corrected chi connectivity index (χ2v) is 5.97. The molecule has 7 heteroatoms. The van der Waals surface area contributed by atoms with Gasteiger partial charge in [-0.1, -0.05) is 0 Å². The number of fused-ring (bicyclic) bond motifs is 1. The molecule has 0 spiro atoms. The number of pyridine rings is 3. The number of aromatic nitrogens is 3. The Hall–Kier alpha value is -2.93. The number of rotatable bonds is 4. The van der Waals surface area contributed by atoms with Gasteiger partial charge in [-0.2, -0.15) is 0 Å². The fourth-order valence-electron chi connectivity index (χ4n) is 2.70. The lowest BCUT2D eigenvalue weighted by molar-refractivity contribution is 0.471. The maximum Gasteiger partial charge on any atom is 0.259 e. The van der Waals surface area contributed by atoms with E-state index in [1.54, 1.807) is 12.4 Å². The molecule has 7 nitrogen and oxygen atoms in total. The maximum atomic E-state index is 12.2. The first-order valence-corrected chi connectivity index (χ1v) is 7.88. The summed E-state index contributed by atoms with van der Waals surface area (Å²) in [5.41, 5.74) is 0.971. The van der Waals surface area contributed by atoms with Gasteiger partial charge >= 0.3 is 0 Å². The van der Waals surface area contributed by atoms with E-state index in [0.29, 0.717) is 17.0 Å². The van der Waals surface area contributed by atoms with Crippen molar-refractivity contribution in [2.24, 2.45) is 0 Å². The first-order chi connectivity index (χ1) is 11.7. The number of aromatic amines is 1. The summed E-state index contributed by atoms with van der Waals surface area (Å²) in [4.78, 5) is 23.8. The topological polar surface area (TPSA) is 94.7 Å². The van der Waals surface area contributed by atoms with E-state index in [4.69, 9.17) is 0 Å². The van der Waals surface area contributed by atoms with Crippen LogP contribution in [0.5, 0.6) is 0 Å². The van der Waals surface area contributed by atoms with Crippen molar-refractivity contribution in [3.8, 4) is 0 Å². The third-order valence-electron chi connectivity index (χ3n) is 4.05. The number of hydrogen-bond acceptors (Lipinski definition) is 6. The van der Waals surface area contributed by atoms with Gasteiger partial charge in [0.25, 0.3) is 5.56 Å². The highest BCUT2D eigenvalue weighted by atomic mass is 16.1. The van der Waals surface area contributed by atoms with Crippen LogP contribution < -0.4 is 21.5 Å². The quantitative estimate of drug-likeness (QED) is 0.585. The molecule has 0 amide bonds. The molecule has 0 bridgehead atoms. The molecule has 3 aromatic rings. The zero-order valence-corrected chi connectivity index (χ0v) is 13.3. The predicted molar refractivity (Wildman–Crippen MR) is 94.9 cm³/mol. The predicted octanol–water partition coefficient (Wildman–Crippen LogP) is 1.75.